The number of aromatic nitrogens is 2. The van der Waals surface area contributed by atoms with Crippen molar-refractivity contribution in [3.63, 3.8) is 0 Å². The second kappa shape index (κ2) is 7.44. The van der Waals surface area contributed by atoms with Crippen LogP contribution >= 0.6 is 11.8 Å². The van der Waals surface area contributed by atoms with E-state index in [0.717, 1.165) is 29.3 Å². The van der Waals surface area contributed by atoms with Crippen LogP contribution in [0.25, 0.3) is 0 Å². The van der Waals surface area contributed by atoms with Crippen LogP contribution in [-0.4, -0.2) is 42.3 Å². The first kappa shape index (κ1) is 18.2. The highest BCUT2D eigenvalue weighted by Crippen LogP contribution is 2.46. The molecule has 0 radical (unpaired) electrons. The molecule has 0 amide bonds. The standard InChI is InChI=1S/C19H23N3O4S/c1-11-20-18-16(19(23)21-22(18)13-6-8-26-9-7-13)17(27-11)12-4-5-14(24-2)15(10-12)25-3/h4-5,10,13,17H,6-9H2,1-3H3,(H,21,23)/t17-/m0/s1. The van der Waals surface area contributed by atoms with E-state index in [1.54, 1.807) is 26.0 Å². The first-order chi connectivity index (χ1) is 13.1. The van der Waals surface area contributed by atoms with Gasteiger partial charge in [0.1, 0.15) is 0 Å². The van der Waals surface area contributed by atoms with E-state index < -0.39 is 0 Å². The average molecular weight is 389 g/mol. The quantitative estimate of drug-likeness (QED) is 0.867. The van der Waals surface area contributed by atoms with Gasteiger partial charge >= 0.3 is 0 Å². The first-order valence-electron chi connectivity index (χ1n) is 8.98. The Balaban J connectivity index is 1.79. The molecule has 1 atom stereocenters. The molecular formula is C19H23N3O4S. The highest BCUT2D eigenvalue weighted by Gasteiger charge is 2.32. The van der Waals surface area contributed by atoms with E-state index in [-0.39, 0.29) is 16.9 Å². The summed E-state index contributed by atoms with van der Waals surface area (Å²) in [6.07, 6.45) is 1.75. The van der Waals surface area contributed by atoms with Crippen LogP contribution in [0.2, 0.25) is 0 Å². The van der Waals surface area contributed by atoms with Gasteiger partial charge in [-0.15, -0.1) is 0 Å². The molecule has 1 aromatic heterocycles. The normalized spacial score (nSPS) is 20.1. The number of rotatable bonds is 4. The molecule has 0 unspecified atom stereocenters. The van der Waals surface area contributed by atoms with E-state index in [1.165, 1.54) is 0 Å². The van der Waals surface area contributed by atoms with Crippen molar-refractivity contribution in [1.29, 1.82) is 0 Å². The molecule has 3 heterocycles. The zero-order chi connectivity index (χ0) is 19.0. The maximum Gasteiger partial charge on any atom is 0.271 e. The zero-order valence-corrected chi connectivity index (χ0v) is 16.5. The third kappa shape index (κ3) is 3.27. The third-order valence-corrected chi connectivity index (χ3v) is 6.19. The maximum absolute atomic E-state index is 12.8. The van der Waals surface area contributed by atoms with Gasteiger partial charge in [-0.25, -0.2) is 4.99 Å². The lowest BCUT2D eigenvalue weighted by Gasteiger charge is -2.26. The fraction of sp³-hybridized carbons (Fsp3) is 0.474. The molecule has 1 fully saturated rings. The topological polar surface area (TPSA) is 77.8 Å². The largest absolute Gasteiger partial charge is 0.493 e. The Morgan fingerprint density at radius 1 is 1.22 bits per heavy atom. The van der Waals surface area contributed by atoms with E-state index in [0.29, 0.717) is 30.3 Å². The molecule has 4 rings (SSSR count). The number of hydrogen-bond donors (Lipinski definition) is 1. The number of H-pyrrole nitrogens is 1. The van der Waals surface area contributed by atoms with Crippen LogP contribution in [0.5, 0.6) is 11.5 Å². The second-order valence-electron chi connectivity index (χ2n) is 6.63. The van der Waals surface area contributed by atoms with Gasteiger partial charge in [-0.1, -0.05) is 17.8 Å². The van der Waals surface area contributed by atoms with Gasteiger partial charge in [0.2, 0.25) is 0 Å². The van der Waals surface area contributed by atoms with Crippen molar-refractivity contribution in [2.75, 3.05) is 27.4 Å². The van der Waals surface area contributed by atoms with Gasteiger partial charge in [0.05, 0.1) is 36.1 Å². The second-order valence-corrected chi connectivity index (χ2v) is 7.93. The van der Waals surface area contributed by atoms with Gasteiger partial charge in [-0.05, 0) is 37.5 Å². The van der Waals surface area contributed by atoms with Crippen LogP contribution in [0.1, 0.15) is 42.2 Å². The molecule has 0 spiro atoms. The minimum Gasteiger partial charge on any atom is -0.493 e. The highest BCUT2D eigenvalue weighted by atomic mass is 32.2. The Labute approximate surface area is 161 Å². The number of fused-ring (bicyclic) bond motifs is 1. The van der Waals surface area contributed by atoms with E-state index in [1.807, 2.05) is 29.8 Å². The number of aromatic amines is 1. The smallest absolute Gasteiger partial charge is 0.271 e. The molecule has 144 valence electrons. The molecule has 1 N–H and O–H groups in total. The van der Waals surface area contributed by atoms with Crippen LogP contribution in [0, 0.1) is 0 Å². The predicted octanol–water partition coefficient (Wildman–Crippen LogP) is 3.43. The Kier molecular flexibility index (Phi) is 5.01. The SMILES string of the molecule is COc1ccc([C@@H]2SC(C)=Nc3c2c(=O)[nH]n3C2CCOCC2)cc1OC. The molecule has 2 aliphatic heterocycles. The predicted molar refractivity (Wildman–Crippen MR) is 106 cm³/mol. The lowest BCUT2D eigenvalue weighted by molar-refractivity contribution is 0.0666. The molecule has 27 heavy (non-hydrogen) atoms. The summed E-state index contributed by atoms with van der Waals surface area (Å²) in [5, 5.41) is 3.82. The van der Waals surface area contributed by atoms with Gasteiger partial charge < -0.3 is 14.2 Å². The lowest BCUT2D eigenvalue weighted by Crippen LogP contribution is -2.21. The summed E-state index contributed by atoms with van der Waals surface area (Å²) in [5.41, 5.74) is 1.60. The number of aliphatic imine (C=N–C) groups is 1. The summed E-state index contributed by atoms with van der Waals surface area (Å²) < 4.78 is 18.2. The summed E-state index contributed by atoms with van der Waals surface area (Å²) in [5.74, 6) is 2.06. The van der Waals surface area contributed by atoms with Crippen LogP contribution in [0.3, 0.4) is 0 Å². The number of ether oxygens (including phenoxy) is 3. The fourth-order valence-electron chi connectivity index (χ4n) is 3.67. The summed E-state index contributed by atoms with van der Waals surface area (Å²) in [6, 6.07) is 6.00. The molecule has 2 aromatic rings. The lowest BCUT2D eigenvalue weighted by atomic mass is 10.0. The average Bonchev–Trinajstić information content (AvgIpc) is 3.03. The summed E-state index contributed by atoms with van der Waals surface area (Å²) >= 11 is 1.58. The van der Waals surface area contributed by atoms with Crippen molar-refractivity contribution in [2.24, 2.45) is 4.99 Å². The number of hydrogen-bond acceptors (Lipinski definition) is 6. The Hall–Kier alpha value is -2.19. The van der Waals surface area contributed by atoms with Crippen molar-refractivity contribution >= 4 is 22.6 Å². The molecular weight excluding hydrogens is 366 g/mol. The number of methoxy groups -OCH3 is 2. The van der Waals surface area contributed by atoms with E-state index in [9.17, 15) is 4.79 Å². The van der Waals surface area contributed by atoms with E-state index in [2.05, 4.69) is 5.10 Å². The molecule has 2 aliphatic rings. The van der Waals surface area contributed by atoms with Crippen molar-refractivity contribution in [3.8, 4) is 11.5 Å². The first-order valence-corrected chi connectivity index (χ1v) is 9.86. The molecule has 1 saturated heterocycles. The Morgan fingerprint density at radius 2 is 1.96 bits per heavy atom. The Bertz CT molecular complexity index is 928. The van der Waals surface area contributed by atoms with Crippen molar-refractivity contribution < 1.29 is 14.2 Å². The molecule has 0 bridgehead atoms. The fourth-order valence-corrected chi connectivity index (χ4v) is 4.76. The molecule has 8 heteroatoms. The van der Waals surface area contributed by atoms with Gasteiger partial charge in [0.15, 0.2) is 17.3 Å². The van der Waals surface area contributed by atoms with Crippen molar-refractivity contribution in [1.82, 2.24) is 9.78 Å². The molecule has 7 nitrogen and oxygen atoms in total. The van der Waals surface area contributed by atoms with E-state index in [4.69, 9.17) is 19.2 Å². The number of thioether (sulfide) groups is 1. The number of nitrogens with one attached hydrogen (secondary N) is 1. The summed E-state index contributed by atoms with van der Waals surface area (Å²) in [4.78, 5) is 17.6. The Morgan fingerprint density at radius 3 is 2.67 bits per heavy atom. The molecule has 0 aliphatic carbocycles. The van der Waals surface area contributed by atoms with Crippen molar-refractivity contribution in [2.45, 2.75) is 31.1 Å². The van der Waals surface area contributed by atoms with Crippen LogP contribution in [0.4, 0.5) is 5.82 Å². The molecule has 0 saturated carbocycles. The number of nitrogens with zero attached hydrogens (tertiary/aromatic N) is 2. The zero-order valence-electron chi connectivity index (χ0n) is 15.7. The third-order valence-electron chi connectivity index (χ3n) is 5.02. The van der Waals surface area contributed by atoms with Crippen LogP contribution < -0.4 is 15.0 Å². The van der Waals surface area contributed by atoms with E-state index >= 15 is 0 Å². The van der Waals surface area contributed by atoms with Gasteiger partial charge in [0.25, 0.3) is 5.56 Å². The summed E-state index contributed by atoms with van der Waals surface area (Å²) in [7, 11) is 3.22. The van der Waals surface area contributed by atoms with Gasteiger partial charge in [0, 0.05) is 13.2 Å². The number of benzene rings is 1. The summed E-state index contributed by atoms with van der Waals surface area (Å²) in [6.45, 7) is 3.39. The maximum atomic E-state index is 12.8. The van der Waals surface area contributed by atoms with Gasteiger partial charge in [-0.3, -0.25) is 14.6 Å². The highest BCUT2D eigenvalue weighted by molar-refractivity contribution is 8.14. The van der Waals surface area contributed by atoms with Crippen molar-refractivity contribution in [3.05, 3.63) is 39.7 Å². The van der Waals surface area contributed by atoms with Crippen LogP contribution in [0.15, 0.2) is 28.0 Å². The van der Waals surface area contributed by atoms with Gasteiger partial charge in [-0.2, -0.15) is 0 Å². The minimum atomic E-state index is -0.137. The van der Waals surface area contributed by atoms with Crippen LogP contribution in [-0.2, 0) is 4.74 Å². The molecule has 1 aromatic carbocycles. The monoisotopic (exact) mass is 389 g/mol. The minimum absolute atomic E-state index is 0.0833.